The third kappa shape index (κ3) is 3.45. The molecule has 2 aromatic carbocycles. The molecule has 3 aromatic rings. The fourth-order valence-electron chi connectivity index (χ4n) is 2.38. The maximum absolute atomic E-state index is 12.9. The first-order valence-corrected chi connectivity index (χ1v) is 7.69. The van der Waals surface area contributed by atoms with Gasteiger partial charge in [0.1, 0.15) is 5.82 Å². The summed E-state index contributed by atoms with van der Waals surface area (Å²) in [6.45, 7) is 2.13. The van der Waals surface area contributed by atoms with Crippen LogP contribution in [0.1, 0.15) is 23.0 Å². The number of hydrogen-bond acceptors (Lipinski definition) is 4. The van der Waals surface area contributed by atoms with Gasteiger partial charge in [-0.3, -0.25) is 9.59 Å². The minimum atomic E-state index is -0.531. The second kappa shape index (κ2) is 7.04. The minimum absolute atomic E-state index is 0.119. The van der Waals surface area contributed by atoms with Crippen molar-refractivity contribution in [3.63, 3.8) is 0 Å². The molecule has 6 nitrogen and oxygen atoms in total. The van der Waals surface area contributed by atoms with E-state index in [-0.39, 0.29) is 17.1 Å². The van der Waals surface area contributed by atoms with E-state index in [4.69, 9.17) is 0 Å². The Kier molecular flexibility index (Phi) is 4.65. The molecule has 0 bridgehead atoms. The largest absolute Gasteiger partial charge is 0.292 e. The van der Waals surface area contributed by atoms with Crippen LogP contribution in [0.15, 0.2) is 58.4 Å². The molecule has 0 aliphatic heterocycles. The van der Waals surface area contributed by atoms with Gasteiger partial charge in [-0.15, -0.1) is 0 Å². The highest BCUT2D eigenvalue weighted by Crippen LogP contribution is 2.13. The molecule has 25 heavy (non-hydrogen) atoms. The molecule has 1 N–H and O–H groups in total. The van der Waals surface area contributed by atoms with Crippen LogP contribution in [0.4, 0.5) is 4.39 Å². The molecule has 0 radical (unpaired) electrons. The van der Waals surface area contributed by atoms with E-state index in [9.17, 15) is 14.0 Å². The molecule has 1 heterocycles. The highest BCUT2D eigenvalue weighted by molar-refractivity contribution is 6.04. The Morgan fingerprint density at radius 3 is 2.56 bits per heavy atom. The second-order valence-corrected chi connectivity index (χ2v) is 5.27. The van der Waals surface area contributed by atoms with Crippen LogP contribution in [-0.2, 0) is 6.54 Å². The van der Waals surface area contributed by atoms with Gasteiger partial charge < -0.3 is 0 Å². The van der Waals surface area contributed by atoms with Crippen molar-refractivity contribution >= 4 is 22.9 Å². The number of carbonyl (C=O) groups excluding carboxylic acids is 1. The SMILES string of the molecule is CCn1nc(C(=O)N/N=C\c2ccc(F)cc2)c2ccccc2c1=O. The fourth-order valence-corrected chi connectivity index (χ4v) is 2.38. The van der Waals surface area contributed by atoms with Crippen molar-refractivity contribution in [2.24, 2.45) is 5.10 Å². The van der Waals surface area contributed by atoms with E-state index in [1.807, 2.05) is 0 Å². The number of amides is 1. The van der Waals surface area contributed by atoms with E-state index in [1.165, 1.54) is 35.2 Å². The van der Waals surface area contributed by atoms with Gasteiger partial charge in [-0.05, 0) is 30.7 Å². The summed E-state index contributed by atoms with van der Waals surface area (Å²) in [6, 6.07) is 12.5. The second-order valence-electron chi connectivity index (χ2n) is 5.27. The summed E-state index contributed by atoms with van der Waals surface area (Å²) < 4.78 is 14.1. The highest BCUT2D eigenvalue weighted by atomic mass is 19.1. The summed E-state index contributed by atoms with van der Waals surface area (Å²) in [6.07, 6.45) is 1.40. The van der Waals surface area contributed by atoms with E-state index in [1.54, 1.807) is 31.2 Å². The van der Waals surface area contributed by atoms with E-state index in [0.29, 0.717) is 22.9 Å². The molecule has 0 spiro atoms. The van der Waals surface area contributed by atoms with Crippen LogP contribution in [0.2, 0.25) is 0 Å². The zero-order valence-corrected chi connectivity index (χ0v) is 13.4. The zero-order valence-electron chi connectivity index (χ0n) is 13.4. The first kappa shape index (κ1) is 16.5. The lowest BCUT2D eigenvalue weighted by molar-refractivity contribution is 0.0949. The van der Waals surface area contributed by atoms with Crippen LogP contribution >= 0.6 is 0 Å². The number of nitrogens with one attached hydrogen (secondary N) is 1. The molecule has 0 fully saturated rings. The van der Waals surface area contributed by atoms with Crippen LogP contribution in [0.3, 0.4) is 0 Å². The smallest absolute Gasteiger partial charge is 0.267 e. The molecule has 0 aliphatic rings. The standard InChI is InChI=1S/C18H15FN4O2/c1-2-23-18(25)15-6-4-3-5-14(15)16(22-23)17(24)21-20-11-12-7-9-13(19)10-8-12/h3-11H,2H2,1H3,(H,21,24)/b20-11-. The Morgan fingerprint density at radius 1 is 1.20 bits per heavy atom. The molecule has 0 atom stereocenters. The minimum Gasteiger partial charge on any atom is -0.267 e. The zero-order chi connectivity index (χ0) is 17.8. The maximum atomic E-state index is 12.9. The molecule has 126 valence electrons. The molecule has 0 saturated heterocycles. The Labute approximate surface area is 142 Å². The van der Waals surface area contributed by atoms with Gasteiger partial charge in [-0.1, -0.05) is 30.3 Å². The predicted molar refractivity (Wildman–Crippen MR) is 93.1 cm³/mol. The Hall–Kier alpha value is -3.35. The number of carbonyl (C=O) groups is 1. The van der Waals surface area contributed by atoms with Gasteiger partial charge in [-0.2, -0.15) is 10.2 Å². The molecule has 0 aliphatic carbocycles. The van der Waals surface area contributed by atoms with Crippen molar-refractivity contribution < 1.29 is 9.18 Å². The van der Waals surface area contributed by atoms with Crippen molar-refractivity contribution in [1.29, 1.82) is 0 Å². The van der Waals surface area contributed by atoms with Gasteiger partial charge in [0.25, 0.3) is 11.5 Å². The van der Waals surface area contributed by atoms with Crippen molar-refractivity contribution in [3.8, 4) is 0 Å². The van der Waals surface area contributed by atoms with Gasteiger partial charge in [0, 0.05) is 11.9 Å². The summed E-state index contributed by atoms with van der Waals surface area (Å²) in [4.78, 5) is 24.7. The number of hydrazone groups is 1. The molecule has 0 saturated carbocycles. The van der Waals surface area contributed by atoms with Crippen molar-refractivity contribution in [1.82, 2.24) is 15.2 Å². The van der Waals surface area contributed by atoms with E-state index in [2.05, 4.69) is 15.6 Å². The summed E-state index contributed by atoms with van der Waals surface area (Å²) in [5.74, 6) is -0.879. The van der Waals surface area contributed by atoms with Gasteiger partial charge in [0.2, 0.25) is 0 Å². The Bertz CT molecular complexity index is 1010. The summed E-state index contributed by atoms with van der Waals surface area (Å²) >= 11 is 0. The average molecular weight is 338 g/mol. The van der Waals surface area contributed by atoms with Gasteiger partial charge in [0.05, 0.1) is 11.6 Å². The van der Waals surface area contributed by atoms with Gasteiger partial charge in [-0.25, -0.2) is 14.5 Å². The van der Waals surface area contributed by atoms with E-state index in [0.717, 1.165) is 0 Å². The molecular formula is C18H15FN4O2. The number of hydrogen-bond donors (Lipinski definition) is 1. The molecular weight excluding hydrogens is 323 g/mol. The molecule has 7 heteroatoms. The third-order valence-electron chi connectivity index (χ3n) is 3.63. The lowest BCUT2D eigenvalue weighted by Gasteiger charge is -2.08. The van der Waals surface area contributed by atoms with Crippen molar-refractivity contribution in [3.05, 3.63) is 76.0 Å². The number of nitrogens with zero attached hydrogens (tertiary/aromatic N) is 3. The molecule has 1 amide bonds. The van der Waals surface area contributed by atoms with Crippen molar-refractivity contribution in [2.45, 2.75) is 13.5 Å². The first-order valence-electron chi connectivity index (χ1n) is 7.69. The quantitative estimate of drug-likeness (QED) is 0.586. The normalized spacial score (nSPS) is 11.1. The number of aryl methyl sites for hydroxylation is 1. The Balaban J connectivity index is 1.90. The summed E-state index contributed by atoms with van der Waals surface area (Å²) in [5, 5.41) is 8.87. The molecule has 3 rings (SSSR count). The number of fused-ring (bicyclic) bond motifs is 1. The lowest BCUT2D eigenvalue weighted by atomic mass is 10.1. The molecule has 1 aromatic heterocycles. The highest BCUT2D eigenvalue weighted by Gasteiger charge is 2.15. The van der Waals surface area contributed by atoms with E-state index < -0.39 is 5.91 Å². The van der Waals surface area contributed by atoms with Crippen LogP contribution in [-0.4, -0.2) is 21.9 Å². The Morgan fingerprint density at radius 2 is 1.88 bits per heavy atom. The number of rotatable bonds is 4. The number of benzene rings is 2. The molecule has 0 unspecified atom stereocenters. The number of aromatic nitrogens is 2. The topological polar surface area (TPSA) is 76.3 Å². The predicted octanol–water partition coefficient (Wildman–Crippen LogP) is 2.32. The van der Waals surface area contributed by atoms with Crippen LogP contribution in [0.25, 0.3) is 10.8 Å². The number of halogens is 1. The van der Waals surface area contributed by atoms with Gasteiger partial charge in [0.15, 0.2) is 5.69 Å². The first-order chi connectivity index (χ1) is 12.1. The monoisotopic (exact) mass is 338 g/mol. The van der Waals surface area contributed by atoms with Crippen LogP contribution in [0, 0.1) is 5.82 Å². The lowest BCUT2D eigenvalue weighted by Crippen LogP contribution is -2.28. The van der Waals surface area contributed by atoms with E-state index >= 15 is 0 Å². The van der Waals surface area contributed by atoms with Crippen LogP contribution < -0.4 is 11.0 Å². The average Bonchev–Trinajstić information content (AvgIpc) is 2.64. The fraction of sp³-hybridized carbons (Fsp3) is 0.111. The van der Waals surface area contributed by atoms with Crippen LogP contribution in [0.5, 0.6) is 0 Å². The van der Waals surface area contributed by atoms with Crippen molar-refractivity contribution in [2.75, 3.05) is 0 Å². The van der Waals surface area contributed by atoms with Gasteiger partial charge >= 0.3 is 0 Å². The summed E-state index contributed by atoms with van der Waals surface area (Å²) in [7, 11) is 0. The maximum Gasteiger partial charge on any atom is 0.292 e. The third-order valence-corrected chi connectivity index (χ3v) is 3.63. The summed E-state index contributed by atoms with van der Waals surface area (Å²) in [5.41, 5.74) is 2.89.